The van der Waals surface area contributed by atoms with E-state index in [9.17, 15) is 8.42 Å². The molecule has 2 rings (SSSR count). The Kier molecular flexibility index (Phi) is 5.54. The maximum absolute atomic E-state index is 12.7. The van der Waals surface area contributed by atoms with Crippen LogP contribution in [0.2, 0.25) is 0 Å². The topological polar surface area (TPSA) is 53.5 Å². The van der Waals surface area contributed by atoms with E-state index in [0.717, 1.165) is 35.6 Å². The van der Waals surface area contributed by atoms with Crippen molar-refractivity contribution in [1.29, 1.82) is 0 Å². The molecule has 20 heavy (non-hydrogen) atoms. The molecule has 1 aromatic rings. The molecule has 1 fully saturated rings. The van der Waals surface area contributed by atoms with E-state index in [2.05, 4.69) is 4.98 Å². The molecule has 0 aromatic carbocycles. The first kappa shape index (κ1) is 15.9. The molecule has 0 N–H and O–H groups in total. The number of aryl methyl sites for hydroxylation is 1. The van der Waals surface area contributed by atoms with Crippen LogP contribution in [0.5, 0.6) is 0 Å². The summed E-state index contributed by atoms with van der Waals surface area (Å²) in [4.78, 5) is 5.22. The van der Waals surface area contributed by atoms with E-state index in [-0.39, 0.29) is 0 Å². The smallest absolute Gasteiger partial charge is 0.250 e. The second-order valence-corrected chi connectivity index (χ2v) is 8.39. The molecule has 0 atom stereocenters. The maximum Gasteiger partial charge on any atom is 0.282 e. The van der Waals surface area contributed by atoms with Crippen LogP contribution in [0.25, 0.3) is 0 Å². The van der Waals surface area contributed by atoms with Gasteiger partial charge in [0, 0.05) is 30.7 Å². The normalized spacial score (nSPS) is 17.8. The molecule has 1 aliphatic rings. The van der Waals surface area contributed by atoms with Crippen LogP contribution < -0.4 is 0 Å². The van der Waals surface area contributed by atoms with Gasteiger partial charge in [-0.2, -0.15) is 17.0 Å². The van der Waals surface area contributed by atoms with Gasteiger partial charge in [-0.3, -0.25) is 0 Å². The number of nitrogens with zero attached hydrogens (tertiary/aromatic N) is 3. The average Bonchev–Trinajstić information content (AvgIpc) is 2.85. The molecule has 1 saturated heterocycles. The molecule has 0 bridgehead atoms. The second-order valence-electron chi connectivity index (χ2n) is 5.15. The molecule has 2 heterocycles. The van der Waals surface area contributed by atoms with Crippen molar-refractivity contribution in [2.75, 3.05) is 19.6 Å². The number of thiazole rings is 1. The molecule has 1 aliphatic heterocycles. The first-order valence-electron chi connectivity index (χ1n) is 7.20. The SMILES string of the molecule is CCCN(Cc1cnc(C)s1)S(=O)(=O)N1CCCCC1. The second kappa shape index (κ2) is 6.98. The van der Waals surface area contributed by atoms with Crippen LogP contribution in [0.1, 0.15) is 42.5 Å². The highest BCUT2D eigenvalue weighted by atomic mass is 32.2. The first-order valence-corrected chi connectivity index (χ1v) is 9.42. The van der Waals surface area contributed by atoms with Gasteiger partial charge in [-0.1, -0.05) is 13.3 Å². The predicted octanol–water partition coefficient (Wildman–Crippen LogP) is 2.39. The van der Waals surface area contributed by atoms with Crippen molar-refractivity contribution in [2.45, 2.75) is 46.1 Å². The fourth-order valence-electron chi connectivity index (χ4n) is 2.44. The number of hydrogen-bond acceptors (Lipinski definition) is 4. The average molecular weight is 317 g/mol. The van der Waals surface area contributed by atoms with Crippen molar-refractivity contribution in [1.82, 2.24) is 13.6 Å². The summed E-state index contributed by atoms with van der Waals surface area (Å²) in [5, 5.41) is 0.979. The molecule has 5 nitrogen and oxygen atoms in total. The minimum absolute atomic E-state index is 0.443. The van der Waals surface area contributed by atoms with Crippen molar-refractivity contribution < 1.29 is 8.42 Å². The number of piperidine rings is 1. The van der Waals surface area contributed by atoms with E-state index in [0.29, 0.717) is 26.2 Å². The van der Waals surface area contributed by atoms with Crippen molar-refractivity contribution in [3.05, 3.63) is 16.1 Å². The van der Waals surface area contributed by atoms with E-state index >= 15 is 0 Å². The van der Waals surface area contributed by atoms with Crippen LogP contribution in [0, 0.1) is 6.92 Å². The molecule has 0 unspecified atom stereocenters. The van der Waals surface area contributed by atoms with Gasteiger partial charge in [-0.25, -0.2) is 4.98 Å². The Balaban J connectivity index is 2.13. The Morgan fingerprint density at radius 1 is 1.35 bits per heavy atom. The third-order valence-corrected chi connectivity index (χ3v) is 6.32. The lowest BCUT2D eigenvalue weighted by Gasteiger charge is -2.31. The molecular formula is C13H23N3O2S2. The monoisotopic (exact) mass is 317 g/mol. The number of aromatic nitrogens is 1. The molecule has 7 heteroatoms. The Morgan fingerprint density at radius 3 is 2.60 bits per heavy atom. The Bertz CT molecular complexity index is 521. The minimum atomic E-state index is -3.33. The zero-order valence-electron chi connectivity index (χ0n) is 12.2. The van der Waals surface area contributed by atoms with E-state index in [1.807, 2.05) is 13.8 Å². The van der Waals surface area contributed by atoms with Crippen molar-refractivity contribution >= 4 is 21.5 Å². The molecule has 0 amide bonds. The highest BCUT2D eigenvalue weighted by Crippen LogP contribution is 2.21. The molecular weight excluding hydrogens is 294 g/mol. The summed E-state index contributed by atoms with van der Waals surface area (Å²) in [5.41, 5.74) is 0. The van der Waals surface area contributed by atoms with Crippen LogP contribution in [-0.4, -0.2) is 41.6 Å². The number of rotatable bonds is 6. The third-order valence-electron chi connectivity index (χ3n) is 3.44. The predicted molar refractivity (Wildman–Crippen MR) is 81.9 cm³/mol. The van der Waals surface area contributed by atoms with Crippen LogP contribution in [0.3, 0.4) is 0 Å². The molecule has 0 aliphatic carbocycles. The van der Waals surface area contributed by atoms with E-state index in [1.54, 1.807) is 26.1 Å². The lowest BCUT2D eigenvalue weighted by molar-refractivity contribution is 0.300. The summed E-state index contributed by atoms with van der Waals surface area (Å²) in [6.45, 7) is 6.27. The molecule has 0 spiro atoms. The Morgan fingerprint density at radius 2 is 2.05 bits per heavy atom. The van der Waals surface area contributed by atoms with Gasteiger partial charge in [-0.15, -0.1) is 11.3 Å². The Hall–Kier alpha value is -0.500. The van der Waals surface area contributed by atoms with Gasteiger partial charge in [0.15, 0.2) is 0 Å². The van der Waals surface area contributed by atoms with Crippen LogP contribution in [0.15, 0.2) is 6.20 Å². The number of hydrogen-bond donors (Lipinski definition) is 0. The summed E-state index contributed by atoms with van der Waals surface area (Å²) in [5.74, 6) is 0. The molecule has 1 aromatic heterocycles. The van der Waals surface area contributed by atoms with Gasteiger partial charge in [0.25, 0.3) is 10.2 Å². The minimum Gasteiger partial charge on any atom is -0.250 e. The van der Waals surface area contributed by atoms with Crippen LogP contribution in [-0.2, 0) is 16.8 Å². The van der Waals surface area contributed by atoms with Gasteiger partial charge in [0.2, 0.25) is 0 Å². The zero-order chi connectivity index (χ0) is 14.6. The summed E-state index contributed by atoms with van der Waals surface area (Å²) < 4.78 is 28.7. The summed E-state index contributed by atoms with van der Waals surface area (Å²) >= 11 is 1.57. The molecule has 114 valence electrons. The highest BCUT2D eigenvalue weighted by Gasteiger charge is 2.30. The van der Waals surface area contributed by atoms with Crippen molar-refractivity contribution in [2.24, 2.45) is 0 Å². The molecule has 0 radical (unpaired) electrons. The van der Waals surface area contributed by atoms with Gasteiger partial charge in [0.1, 0.15) is 0 Å². The Labute approximate surface area is 125 Å². The van der Waals surface area contributed by atoms with Crippen LogP contribution in [0.4, 0.5) is 0 Å². The molecule has 0 saturated carbocycles. The zero-order valence-corrected chi connectivity index (χ0v) is 13.8. The lowest BCUT2D eigenvalue weighted by Crippen LogP contribution is -2.45. The quantitative estimate of drug-likeness (QED) is 0.809. The largest absolute Gasteiger partial charge is 0.282 e. The van der Waals surface area contributed by atoms with Crippen molar-refractivity contribution in [3.63, 3.8) is 0 Å². The standard InChI is InChI=1S/C13H23N3O2S2/c1-3-7-16(11-13-10-14-12(2)19-13)20(17,18)15-8-5-4-6-9-15/h10H,3-9,11H2,1-2H3. The fourth-order valence-corrected chi connectivity index (χ4v) is 5.09. The fraction of sp³-hybridized carbons (Fsp3) is 0.769. The lowest BCUT2D eigenvalue weighted by atomic mass is 10.2. The third kappa shape index (κ3) is 3.78. The maximum atomic E-state index is 12.7. The van der Waals surface area contributed by atoms with E-state index in [4.69, 9.17) is 0 Å². The van der Waals surface area contributed by atoms with Crippen LogP contribution >= 0.6 is 11.3 Å². The van der Waals surface area contributed by atoms with Gasteiger partial charge >= 0.3 is 0 Å². The van der Waals surface area contributed by atoms with Gasteiger partial charge in [-0.05, 0) is 26.2 Å². The van der Waals surface area contributed by atoms with Crippen molar-refractivity contribution in [3.8, 4) is 0 Å². The highest BCUT2D eigenvalue weighted by molar-refractivity contribution is 7.86. The van der Waals surface area contributed by atoms with E-state index in [1.165, 1.54) is 0 Å². The summed E-state index contributed by atoms with van der Waals surface area (Å²) in [6, 6.07) is 0. The van der Waals surface area contributed by atoms with Gasteiger partial charge in [0.05, 0.1) is 11.6 Å². The van der Waals surface area contributed by atoms with Gasteiger partial charge < -0.3 is 0 Å². The summed E-state index contributed by atoms with van der Waals surface area (Å²) in [7, 11) is -3.33. The van der Waals surface area contributed by atoms with E-state index < -0.39 is 10.2 Å². The first-order chi connectivity index (χ1) is 9.54. The summed E-state index contributed by atoms with van der Waals surface area (Å²) in [6.07, 6.45) is 5.69.